The summed E-state index contributed by atoms with van der Waals surface area (Å²) in [5.74, 6) is -0.0658. The van der Waals surface area contributed by atoms with E-state index in [2.05, 4.69) is 11.9 Å². The van der Waals surface area contributed by atoms with E-state index >= 15 is 0 Å². The van der Waals surface area contributed by atoms with Gasteiger partial charge in [0.2, 0.25) is 10.0 Å². The van der Waals surface area contributed by atoms with E-state index in [0.29, 0.717) is 34.9 Å². The van der Waals surface area contributed by atoms with Crippen LogP contribution in [0.2, 0.25) is 0 Å². The molecule has 1 N–H and O–H groups in total. The third kappa shape index (κ3) is 6.18. The van der Waals surface area contributed by atoms with Gasteiger partial charge in [0.15, 0.2) is 0 Å². The molecule has 3 aromatic rings. The Balaban J connectivity index is 1.72. The molecule has 32 heavy (non-hydrogen) atoms. The summed E-state index contributed by atoms with van der Waals surface area (Å²) < 4.78 is 44.4. The highest BCUT2D eigenvalue weighted by molar-refractivity contribution is 7.92. The van der Waals surface area contributed by atoms with Crippen LogP contribution in [0, 0.1) is 5.82 Å². The van der Waals surface area contributed by atoms with Crippen molar-refractivity contribution in [2.45, 2.75) is 6.54 Å². The van der Waals surface area contributed by atoms with Crippen molar-refractivity contribution in [2.75, 3.05) is 22.5 Å². The van der Waals surface area contributed by atoms with Gasteiger partial charge in [0.1, 0.15) is 18.2 Å². The fraction of sp³-hybridized carbons (Fsp3) is 0.125. The molecule has 0 aliphatic heterocycles. The van der Waals surface area contributed by atoms with Gasteiger partial charge in [0.05, 0.1) is 18.5 Å². The van der Waals surface area contributed by atoms with E-state index in [4.69, 9.17) is 4.74 Å². The first-order valence-electron chi connectivity index (χ1n) is 9.73. The Morgan fingerprint density at radius 3 is 2.22 bits per heavy atom. The number of halogens is 1. The number of carbonyl (C=O) groups is 1. The lowest BCUT2D eigenvalue weighted by Crippen LogP contribution is -2.29. The maximum atomic E-state index is 13.1. The molecule has 0 saturated carbocycles. The van der Waals surface area contributed by atoms with Crippen LogP contribution in [0.1, 0.15) is 15.9 Å². The summed E-state index contributed by atoms with van der Waals surface area (Å²) in [5, 5.41) is 2.78. The summed E-state index contributed by atoms with van der Waals surface area (Å²) in [4.78, 5) is 12.5. The summed E-state index contributed by atoms with van der Waals surface area (Å²) >= 11 is 0. The van der Waals surface area contributed by atoms with Gasteiger partial charge in [-0.3, -0.25) is 9.10 Å². The van der Waals surface area contributed by atoms with Crippen LogP contribution in [0.5, 0.6) is 5.75 Å². The fourth-order valence-electron chi connectivity index (χ4n) is 2.93. The average Bonchev–Trinajstić information content (AvgIpc) is 2.77. The van der Waals surface area contributed by atoms with Crippen molar-refractivity contribution in [3.63, 3.8) is 0 Å². The lowest BCUT2D eigenvalue weighted by molar-refractivity contribution is 0.102. The van der Waals surface area contributed by atoms with Crippen LogP contribution in [0.25, 0.3) is 0 Å². The molecule has 0 heterocycles. The maximum Gasteiger partial charge on any atom is 0.255 e. The number of rotatable bonds is 9. The first kappa shape index (κ1) is 23.0. The molecule has 0 bridgehead atoms. The van der Waals surface area contributed by atoms with Gasteiger partial charge in [0.25, 0.3) is 5.91 Å². The quantitative estimate of drug-likeness (QED) is 0.479. The molecule has 0 aliphatic rings. The highest BCUT2D eigenvalue weighted by Crippen LogP contribution is 2.22. The van der Waals surface area contributed by atoms with Gasteiger partial charge in [-0.25, -0.2) is 12.8 Å². The van der Waals surface area contributed by atoms with E-state index in [-0.39, 0.29) is 12.5 Å². The predicted octanol–water partition coefficient (Wildman–Crippen LogP) is 4.61. The molecule has 0 aliphatic carbocycles. The van der Waals surface area contributed by atoms with Gasteiger partial charge in [-0.05, 0) is 66.2 Å². The van der Waals surface area contributed by atoms with E-state index in [1.165, 1.54) is 28.6 Å². The second kappa shape index (κ2) is 10.1. The molecular formula is C24H23FN2O4S. The Hall–Kier alpha value is -3.65. The molecule has 3 aromatic carbocycles. The third-order valence-electron chi connectivity index (χ3n) is 4.54. The van der Waals surface area contributed by atoms with Crippen molar-refractivity contribution < 1.29 is 22.3 Å². The zero-order chi connectivity index (χ0) is 23.1. The van der Waals surface area contributed by atoms with Crippen LogP contribution < -0.4 is 14.4 Å². The number of hydrogen-bond donors (Lipinski definition) is 1. The molecule has 6 nitrogen and oxygen atoms in total. The van der Waals surface area contributed by atoms with Crippen molar-refractivity contribution in [3.8, 4) is 5.75 Å². The molecular weight excluding hydrogens is 431 g/mol. The van der Waals surface area contributed by atoms with Gasteiger partial charge in [-0.1, -0.05) is 24.8 Å². The van der Waals surface area contributed by atoms with Crippen LogP contribution in [-0.4, -0.2) is 27.2 Å². The summed E-state index contributed by atoms with van der Waals surface area (Å²) in [7, 11) is -3.60. The number of anilines is 2. The van der Waals surface area contributed by atoms with Crippen molar-refractivity contribution in [1.29, 1.82) is 0 Å². The van der Waals surface area contributed by atoms with Crippen LogP contribution >= 0.6 is 0 Å². The standard InChI is InChI=1S/C24H23FN2O4S/c1-3-16-31-23-14-10-21(11-15-23)26-24(28)19-6-12-22(13-7-19)27(32(2,29)30)17-18-4-8-20(25)9-5-18/h3-15H,1,16-17H2,2H3,(H,26,28). The van der Waals surface area contributed by atoms with E-state index < -0.39 is 15.8 Å². The molecule has 0 fully saturated rings. The number of sulfonamides is 1. The lowest BCUT2D eigenvalue weighted by Gasteiger charge is -2.22. The molecule has 0 unspecified atom stereocenters. The second-order valence-electron chi connectivity index (χ2n) is 7.02. The van der Waals surface area contributed by atoms with E-state index in [0.717, 1.165) is 6.26 Å². The Morgan fingerprint density at radius 1 is 1.03 bits per heavy atom. The minimum absolute atomic E-state index is 0.0466. The zero-order valence-corrected chi connectivity index (χ0v) is 18.3. The number of benzene rings is 3. The highest BCUT2D eigenvalue weighted by Gasteiger charge is 2.18. The van der Waals surface area contributed by atoms with Crippen molar-refractivity contribution >= 4 is 27.3 Å². The number of nitrogens with zero attached hydrogens (tertiary/aromatic N) is 1. The maximum absolute atomic E-state index is 13.1. The van der Waals surface area contributed by atoms with Crippen LogP contribution in [-0.2, 0) is 16.6 Å². The van der Waals surface area contributed by atoms with Crippen LogP contribution in [0.3, 0.4) is 0 Å². The first-order chi connectivity index (χ1) is 15.3. The Labute approximate surface area is 187 Å². The van der Waals surface area contributed by atoms with E-state index in [9.17, 15) is 17.6 Å². The largest absolute Gasteiger partial charge is 0.490 e. The van der Waals surface area contributed by atoms with Gasteiger partial charge >= 0.3 is 0 Å². The minimum atomic E-state index is -3.60. The molecule has 0 atom stereocenters. The molecule has 8 heteroatoms. The molecule has 0 saturated heterocycles. The Kier molecular flexibility index (Phi) is 7.27. The highest BCUT2D eigenvalue weighted by atomic mass is 32.2. The number of hydrogen-bond acceptors (Lipinski definition) is 4. The SMILES string of the molecule is C=CCOc1ccc(NC(=O)c2ccc(N(Cc3ccc(F)cc3)S(C)(=O)=O)cc2)cc1. The van der Waals surface area contributed by atoms with Crippen molar-refractivity contribution in [3.05, 3.63) is 102 Å². The molecule has 0 aromatic heterocycles. The number of amides is 1. The van der Waals surface area contributed by atoms with Crippen LogP contribution in [0.15, 0.2) is 85.5 Å². The third-order valence-corrected chi connectivity index (χ3v) is 5.68. The summed E-state index contributed by atoms with van der Waals surface area (Å²) in [5.41, 5.74) is 2.01. The van der Waals surface area contributed by atoms with Crippen molar-refractivity contribution in [2.24, 2.45) is 0 Å². The average molecular weight is 455 g/mol. The molecule has 0 radical (unpaired) electrons. The summed E-state index contributed by atoms with van der Waals surface area (Å²) in [6.07, 6.45) is 2.74. The number of carbonyl (C=O) groups excluding carboxylic acids is 1. The predicted molar refractivity (Wildman–Crippen MR) is 124 cm³/mol. The number of ether oxygens (including phenoxy) is 1. The Morgan fingerprint density at radius 2 is 1.66 bits per heavy atom. The zero-order valence-electron chi connectivity index (χ0n) is 17.5. The van der Waals surface area contributed by atoms with Gasteiger partial charge < -0.3 is 10.1 Å². The van der Waals surface area contributed by atoms with Crippen LogP contribution in [0.4, 0.5) is 15.8 Å². The fourth-order valence-corrected chi connectivity index (χ4v) is 3.82. The van der Waals surface area contributed by atoms with E-state index in [1.807, 2.05) is 0 Å². The minimum Gasteiger partial charge on any atom is -0.490 e. The van der Waals surface area contributed by atoms with Crippen molar-refractivity contribution in [1.82, 2.24) is 0 Å². The lowest BCUT2D eigenvalue weighted by atomic mass is 10.1. The molecule has 1 amide bonds. The summed E-state index contributed by atoms with van der Waals surface area (Å²) in [6, 6.07) is 18.8. The number of nitrogens with one attached hydrogen (secondary N) is 1. The Bertz CT molecular complexity index is 1180. The molecule has 0 spiro atoms. The van der Waals surface area contributed by atoms with Gasteiger partial charge in [-0.2, -0.15) is 0 Å². The monoisotopic (exact) mass is 454 g/mol. The normalized spacial score (nSPS) is 10.9. The summed E-state index contributed by atoms with van der Waals surface area (Å²) in [6.45, 7) is 4.03. The first-order valence-corrected chi connectivity index (χ1v) is 11.6. The smallest absolute Gasteiger partial charge is 0.255 e. The van der Waals surface area contributed by atoms with Gasteiger partial charge in [0, 0.05) is 11.3 Å². The topological polar surface area (TPSA) is 75.7 Å². The second-order valence-corrected chi connectivity index (χ2v) is 8.93. The van der Waals surface area contributed by atoms with E-state index in [1.54, 1.807) is 54.6 Å². The van der Waals surface area contributed by atoms with Gasteiger partial charge in [-0.15, -0.1) is 0 Å². The molecule has 166 valence electrons. The molecule has 3 rings (SSSR count).